The summed E-state index contributed by atoms with van der Waals surface area (Å²) in [6.45, 7) is 3.89. The molecule has 0 saturated carbocycles. The van der Waals surface area contributed by atoms with Crippen molar-refractivity contribution in [3.05, 3.63) is 59.4 Å². The van der Waals surface area contributed by atoms with Gasteiger partial charge in [-0.15, -0.1) is 0 Å². The zero-order valence-corrected chi connectivity index (χ0v) is 10.7. The van der Waals surface area contributed by atoms with Crippen LogP contribution in [0.25, 0.3) is 11.0 Å². The van der Waals surface area contributed by atoms with E-state index in [1.165, 1.54) is 18.6 Å². The van der Waals surface area contributed by atoms with Gasteiger partial charge in [0, 0.05) is 23.3 Å². The van der Waals surface area contributed by atoms with E-state index in [-0.39, 0.29) is 5.78 Å². The highest BCUT2D eigenvalue weighted by atomic mass is 16.3. The van der Waals surface area contributed by atoms with Crippen LogP contribution in [0.2, 0.25) is 0 Å². The Morgan fingerprint density at radius 3 is 2.79 bits per heavy atom. The van der Waals surface area contributed by atoms with Crippen molar-refractivity contribution in [1.29, 1.82) is 0 Å². The molecule has 0 saturated heterocycles. The van der Waals surface area contributed by atoms with Crippen molar-refractivity contribution >= 4 is 16.8 Å². The van der Waals surface area contributed by atoms with Crippen molar-refractivity contribution < 1.29 is 9.21 Å². The second-order valence-electron chi connectivity index (χ2n) is 4.48. The van der Waals surface area contributed by atoms with Crippen molar-refractivity contribution in [2.75, 3.05) is 0 Å². The molecule has 2 heterocycles. The summed E-state index contributed by atoms with van der Waals surface area (Å²) in [6.07, 6.45) is 4.47. The van der Waals surface area contributed by atoms with Crippen LogP contribution in [0.15, 0.2) is 41.2 Å². The van der Waals surface area contributed by atoms with Gasteiger partial charge < -0.3 is 4.42 Å². The highest BCUT2D eigenvalue weighted by Crippen LogP contribution is 2.27. The number of fused-ring (bicyclic) bond motifs is 1. The Morgan fingerprint density at radius 2 is 2.05 bits per heavy atom. The Morgan fingerprint density at radius 1 is 1.21 bits per heavy atom. The van der Waals surface area contributed by atoms with Gasteiger partial charge in [-0.3, -0.25) is 9.78 Å². The van der Waals surface area contributed by atoms with Crippen molar-refractivity contribution in [3.8, 4) is 0 Å². The zero-order chi connectivity index (χ0) is 13.4. The van der Waals surface area contributed by atoms with Gasteiger partial charge in [-0.05, 0) is 26.0 Å². The summed E-state index contributed by atoms with van der Waals surface area (Å²) in [5.41, 5.74) is 2.99. The molecule has 0 aliphatic heterocycles. The number of carbonyl (C=O) groups is 1. The number of ketones is 1. The van der Waals surface area contributed by atoms with Crippen LogP contribution >= 0.6 is 0 Å². The second kappa shape index (κ2) is 4.31. The minimum Gasteiger partial charge on any atom is -0.452 e. The van der Waals surface area contributed by atoms with Crippen LogP contribution in [-0.2, 0) is 0 Å². The minimum absolute atomic E-state index is 0.237. The average molecular weight is 252 g/mol. The number of aromatic nitrogens is 2. The Hall–Kier alpha value is -2.49. The quantitative estimate of drug-likeness (QED) is 0.658. The first-order chi connectivity index (χ1) is 9.16. The Balaban J connectivity index is 2.16. The number of nitrogens with zero attached hydrogens (tertiary/aromatic N) is 2. The molecule has 0 radical (unpaired) electrons. The van der Waals surface area contributed by atoms with E-state index in [0.717, 1.165) is 22.1 Å². The van der Waals surface area contributed by atoms with Crippen LogP contribution in [0.3, 0.4) is 0 Å². The first-order valence-electron chi connectivity index (χ1n) is 5.97. The normalized spacial score (nSPS) is 10.8. The maximum Gasteiger partial charge on any atom is 0.248 e. The summed E-state index contributed by atoms with van der Waals surface area (Å²) in [4.78, 5) is 20.2. The molecule has 4 nitrogen and oxygen atoms in total. The predicted octanol–water partition coefficient (Wildman–Crippen LogP) is 3.07. The molecule has 0 bridgehead atoms. The molecule has 0 N–H and O–H groups in total. The molecule has 0 amide bonds. The highest BCUT2D eigenvalue weighted by Gasteiger charge is 2.20. The molecule has 3 rings (SSSR count). The van der Waals surface area contributed by atoms with Gasteiger partial charge in [-0.1, -0.05) is 11.6 Å². The van der Waals surface area contributed by atoms with Gasteiger partial charge in [-0.2, -0.15) is 0 Å². The summed E-state index contributed by atoms with van der Waals surface area (Å²) in [5.74, 6) is 0.0977. The largest absolute Gasteiger partial charge is 0.452 e. The van der Waals surface area contributed by atoms with E-state index < -0.39 is 0 Å². The highest BCUT2D eigenvalue weighted by molar-refractivity contribution is 6.09. The standard InChI is InChI=1S/C15H12N2O2/c1-9-3-4-13-11(7-9)10(2)15(19-13)14(18)12-8-16-5-6-17-12/h3-8H,1-2H3. The van der Waals surface area contributed by atoms with Gasteiger partial charge in [0.25, 0.3) is 0 Å². The first-order valence-corrected chi connectivity index (χ1v) is 5.97. The van der Waals surface area contributed by atoms with Gasteiger partial charge >= 0.3 is 0 Å². The maximum atomic E-state index is 12.3. The van der Waals surface area contributed by atoms with Gasteiger partial charge in [0.05, 0.1) is 6.20 Å². The smallest absolute Gasteiger partial charge is 0.248 e. The number of carbonyl (C=O) groups excluding carboxylic acids is 1. The molecule has 0 fully saturated rings. The number of furan rings is 1. The van der Waals surface area contributed by atoms with Crippen molar-refractivity contribution in [2.45, 2.75) is 13.8 Å². The third-order valence-electron chi connectivity index (χ3n) is 3.09. The fraction of sp³-hybridized carbons (Fsp3) is 0.133. The average Bonchev–Trinajstić information content (AvgIpc) is 2.76. The third-order valence-corrected chi connectivity index (χ3v) is 3.09. The van der Waals surface area contributed by atoms with Crippen molar-refractivity contribution in [2.24, 2.45) is 0 Å². The van der Waals surface area contributed by atoms with Crippen LogP contribution in [0.5, 0.6) is 0 Å². The first kappa shape index (κ1) is 11.6. The third kappa shape index (κ3) is 1.91. The number of rotatable bonds is 2. The number of aryl methyl sites for hydroxylation is 2. The van der Waals surface area contributed by atoms with E-state index in [9.17, 15) is 4.79 Å². The zero-order valence-electron chi connectivity index (χ0n) is 10.7. The summed E-state index contributed by atoms with van der Waals surface area (Å²) < 4.78 is 5.65. The molecule has 19 heavy (non-hydrogen) atoms. The topological polar surface area (TPSA) is 56.0 Å². The van der Waals surface area contributed by atoms with Crippen molar-refractivity contribution in [1.82, 2.24) is 9.97 Å². The summed E-state index contributed by atoms with van der Waals surface area (Å²) in [7, 11) is 0. The fourth-order valence-corrected chi connectivity index (χ4v) is 2.08. The van der Waals surface area contributed by atoms with E-state index >= 15 is 0 Å². The minimum atomic E-state index is -0.237. The molecule has 2 aromatic heterocycles. The Kier molecular flexibility index (Phi) is 2.63. The molecule has 3 aromatic rings. The maximum absolute atomic E-state index is 12.3. The molecule has 1 aromatic carbocycles. The molecular weight excluding hydrogens is 240 g/mol. The molecular formula is C15H12N2O2. The Labute approximate surface area is 110 Å². The number of hydrogen-bond acceptors (Lipinski definition) is 4. The van der Waals surface area contributed by atoms with Gasteiger partial charge in [0.1, 0.15) is 11.3 Å². The fourth-order valence-electron chi connectivity index (χ4n) is 2.08. The van der Waals surface area contributed by atoms with Crippen molar-refractivity contribution in [3.63, 3.8) is 0 Å². The van der Waals surface area contributed by atoms with Crippen LogP contribution in [0.1, 0.15) is 27.4 Å². The number of benzene rings is 1. The molecule has 4 heteroatoms. The molecule has 0 unspecified atom stereocenters. The number of hydrogen-bond donors (Lipinski definition) is 0. The molecule has 0 atom stereocenters. The van der Waals surface area contributed by atoms with Gasteiger partial charge in [-0.25, -0.2) is 4.98 Å². The summed E-state index contributed by atoms with van der Waals surface area (Å²) in [5, 5.41) is 0.965. The van der Waals surface area contributed by atoms with E-state index in [2.05, 4.69) is 9.97 Å². The lowest BCUT2D eigenvalue weighted by atomic mass is 10.1. The monoisotopic (exact) mass is 252 g/mol. The SMILES string of the molecule is Cc1ccc2oc(C(=O)c3cnccn3)c(C)c2c1. The van der Waals surface area contributed by atoms with Crippen LogP contribution < -0.4 is 0 Å². The molecule has 0 aliphatic carbocycles. The predicted molar refractivity (Wildman–Crippen MR) is 71.2 cm³/mol. The van der Waals surface area contributed by atoms with Crippen LogP contribution in [0.4, 0.5) is 0 Å². The van der Waals surface area contributed by atoms with E-state index in [4.69, 9.17) is 4.42 Å². The molecule has 0 spiro atoms. The van der Waals surface area contributed by atoms with Crippen LogP contribution in [-0.4, -0.2) is 15.8 Å². The lowest BCUT2D eigenvalue weighted by Gasteiger charge is -1.96. The molecule has 0 aliphatic rings. The lowest BCUT2D eigenvalue weighted by molar-refractivity contribution is 0.100. The van der Waals surface area contributed by atoms with E-state index in [1.807, 2.05) is 32.0 Å². The summed E-state index contributed by atoms with van der Waals surface area (Å²) in [6, 6.07) is 5.86. The van der Waals surface area contributed by atoms with E-state index in [1.54, 1.807) is 0 Å². The van der Waals surface area contributed by atoms with Crippen LogP contribution in [0, 0.1) is 13.8 Å². The van der Waals surface area contributed by atoms with Gasteiger partial charge in [0.15, 0.2) is 5.76 Å². The van der Waals surface area contributed by atoms with E-state index in [0.29, 0.717) is 11.5 Å². The lowest BCUT2D eigenvalue weighted by Crippen LogP contribution is -2.04. The van der Waals surface area contributed by atoms with Gasteiger partial charge in [0.2, 0.25) is 5.78 Å². The summed E-state index contributed by atoms with van der Waals surface area (Å²) >= 11 is 0. The molecule has 94 valence electrons. The Bertz CT molecular complexity index is 760. The second-order valence-corrected chi connectivity index (χ2v) is 4.48.